The molecule has 1 aliphatic heterocycles. The van der Waals surface area contributed by atoms with Gasteiger partial charge in [-0.05, 0) is 24.3 Å². The van der Waals surface area contributed by atoms with Crippen LogP contribution in [0.1, 0.15) is 10.4 Å². The van der Waals surface area contributed by atoms with E-state index in [-0.39, 0.29) is 5.91 Å². The maximum Gasteiger partial charge on any atom is 0.255 e. The summed E-state index contributed by atoms with van der Waals surface area (Å²) >= 11 is 0. The predicted octanol–water partition coefficient (Wildman–Crippen LogP) is 1.57. The summed E-state index contributed by atoms with van der Waals surface area (Å²) in [5.74, 6) is -0.115. The maximum absolute atomic E-state index is 12.9. The van der Waals surface area contributed by atoms with E-state index >= 15 is 0 Å². The molecule has 0 spiro atoms. The highest BCUT2D eigenvalue weighted by atomic mass is 16.1. The van der Waals surface area contributed by atoms with Crippen molar-refractivity contribution in [1.29, 1.82) is 0 Å². The van der Waals surface area contributed by atoms with Gasteiger partial charge in [0.05, 0.1) is 11.3 Å². The zero-order valence-corrected chi connectivity index (χ0v) is 15.7. The number of piperazine rings is 1. The number of nitrogens with zero attached hydrogens (tertiary/aromatic N) is 4. The van der Waals surface area contributed by atoms with Crippen molar-refractivity contribution in [3.8, 4) is 16.9 Å². The summed E-state index contributed by atoms with van der Waals surface area (Å²) in [5.41, 5.74) is 2.92. The van der Waals surface area contributed by atoms with Crippen LogP contribution in [0.15, 0.2) is 61.1 Å². The fraction of sp³-hybridized carbons (Fsp3) is 0.286. The van der Waals surface area contributed by atoms with Crippen molar-refractivity contribution in [3.63, 3.8) is 0 Å². The monoisotopic (exact) mass is 376 g/mol. The first-order chi connectivity index (χ1) is 13.8. The summed E-state index contributed by atoms with van der Waals surface area (Å²) in [6.45, 7) is 5.50. The molecule has 1 aliphatic rings. The SMILES string of the molecule is O=C(NCCN1CCNCC1)c1cn(-c2ccccc2)nc1-c1cccnc1. The average molecular weight is 376 g/mol. The highest BCUT2D eigenvalue weighted by Crippen LogP contribution is 2.23. The molecule has 28 heavy (non-hydrogen) atoms. The van der Waals surface area contributed by atoms with Gasteiger partial charge < -0.3 is 10.6 Å². The van der Waals surface area contributed by atoms with Gasteiger partial charge in [-0.2, -0.15) is 5.10 Å². The predicted molar refractivity (Wildman–Crippen MR) is 108 cm³/mol. The van der Waals surface area contributed by atoms with E-state index < -0.39 is 0 Å². The molecule has 0 bridgehead atoms. The molecule has 0 radical (unpaired) electrons. The quantitative estimate of drug-likeness (QED) is 0.683. The van der Waals surface area contributed by atoms with Crippen LogP contribution in [0.5, 0.6) is 0 Å². The number of aromatic nitrogens is 3. The minimum Gasteiger partial charge on any atom is -0.351 e. The Morgan fingerprint density at radius 2 is 1.93 bits per heavy atom. The van der Waals surface area contributed by atoms with E-state index in [0.29, 0.717) is 17.8 Å². The fourth-order valence-corrected chi connectivity index (χ4v) is 3.33. The normalized spacial score (nSPS) is 14.7. The van der Waals surface area contributed by atoms with Crippen molar-refractivity contribution < 1.29 is 4.79 Å². The molecule has 1 fully saturated rings. The molecule has 1 aromatic carbocycles. The number of carbonyl (C=O) groups is 1. The lowest BCUT2D eigenvalue weighted by molar-refractivity contribution is 0.0948. The van der Waals surface area contributed by atoms with Crippen LogP contribution >= 0.6 is 0 Å². The number of hydrogen-bond acceptors (Lipinski definition) is 5. The van der Waals surface area contributed by atoms with Crippen LogP contribution in [0, 0.1) is 0 Å². The van der Waals surface area contributed by atoms with Crippen LogP contribution in [0.25, 0.3) is 16.9 Å². The Balaban J connectivity index is 1.54. The van der Waals surface area contributed by atoms with Crippen molar-refractivity contribution in [2.24, 2.45) is 0 Å². The van der Waals surface area contributed by atoms with Crippen molar-refractivity contribution in [3.05, 3.63) is 66.6 Å². The molecule has 0 atom stereocenters. The van der Waals surface area contributed by atoms with Crippen LogP contribution in [0.4, 0.5) is 0 Å². The van der Waals surface area contributed by atoms with Gasteiger partial charge in [0.1, 0.15) is 5.69 Å². The van der Waals surface area contributed by atoms with Gasteiger partial charge in [0.25, 0.3) is 5.91 Å². The Kier molecular flexibility index (Phi) is 5.75. The Morgan fingerprint density at radius 1 is 1.11 bits per heavy atom. The van der Waals surface area contributed by atoms with Gasteiger partial charge in [0.2, 0.25) is 0 Å². The molecular weight excluding hydrogens is 352 g/mol. The Hall–Kier alpha value is -3.03. The molecule has 2 N–H and O–H groups in total. The van der Waals surface area contributed by atoms with E-state index in [4.69, 9.17) is 0 Å². The lowest BCUT2D eigenvalue weighted by atomic mass is 10.1. The van der Waals surface area contributed by atoms with Crippen LogP contribution in [0.3, 0.4) is 0 Å². The maximum atomic E-state index is 12.9. The Bertz CT molecular complexity index is 903. The van der Waals surface area contributed by atoms with Gasteiger partial charge >= 0.3 is 0 Å². The molecule has 144 valence electrons. The van der Waals surface area contributed by atoms with Gasteiger partial charge in [0, 0.05) is 63.4 Å². The van der Waals surface area contributed by atoms with Gasteiger partial charge in [-0.3, -0.25) is 14.7 Å². The first-order valence-electron chi connectivity index (χ1n) is 9.58. The molecule has 7 heteroatoms. The number of benzene rings is 1. The zero-order chi connectivity index (χ0) is 19.2. The van der Waals surface area contributed by atoms with Crippen LogP contribution in [-0.2, 0) is 0 Å². The molecule has 0 saturated carbocycles. The standard InChI is InChI=1S/C21H24N6O/c28-21(24-11-14-26-12-9-22-10-13-26)19-16-27(18-6-2-1-3-7-18)25-20(19)17-5-4-8-23-15-17/h1-8,15-16,22H,9-14H2,(H,24,28). The van der Waals surface area contributed by atoms with Crippen molar-refractivity contribution in [1.82, 2.24) is 30.3 Å². The lowest BCUT2D eigenvalue weighted by Gasteiger charge is -2.27. The highest BCUT2D eigenvalue weighted by Gasteiger charge is 2.19. The van der Waals surface area contributed by atoms with E-state index in [9.17, 15) is 4.79 Å². The second-order valence-electron chi connectivity index (χ2n) is 6.76. The van der Waals surface area contributed by atoms with E-state index in [2.05, 4.69) is 25.6 Å². The van der Waals surface area contributed by atoms with E-state index in [1.165, 1.54) is 0 Å². The van der Waals surface area contributed by atoms with Crippen molar-refractivity contribution >= 4 is 5.91 Å². The molecule has 0 unspecified atom stereocenters. The minimum atomic E-state index is -0.115. The van der Waals surface area contributed by atoms with Crippen LogP contribution in [-0.4, -0.2) is 64.8 Å². The third-order valence-electron chi connectivity index (χ3n) is 4.84. The van der Waals surface area contributed by atoms with E-state index in [1.54, 1.807) is 23.3 Å². The first-order valence-corrected chi connectivity index (χ1v) is 9.58. The fourth-order valence-electron chi connectivity index (χ4n) is 3.33. The smallest absolute Gasteiger partial charge is 0.255 e. The Labute approximate surface area is 164 Å². The minimum absolute atomic E-state index is 0.115. The Morgan fingerprint density at radius 3 is 2.68 bits per heavy atom. The molecule has 4 rings (SSSR count). The van der Waals surface area contributed by atoms with Gasteiger partial charge in [-0.1, -0.05) is 18.2 Å². The summed E-state index contributed by atoms with van der Waals surface area (Å²) in [6.07, 6.45) is 5.23. The first kappa shape index (κ1) is 18.3. The van der Waals surface area contributed by atoms with Crippen molar-refractivity contribution in [2.45, 2.75) is 0 Å². The number of hydrogen-bond donors (Lipinski definition) is 2. The topological polar surface area (TPSA) is 75.1 Å². The molecule has 1 amide bonds. The number of pyridine rings is 1. The van der Waals surface area contributed by atoms with Crippen molar-refractivity contribution in [2.75, 3.05) is 39.3 Å². The number of rotatable bonds is 6. The number of nitrogens with one attached hydrogen (secondary N) is 2. The van der Waals surface area contributed by atoms with Crippen LogP contribution < -0.4 is 10.6 Å². The number of carbonyl (C=O) groups excluding carboxylic acids is 1. The second-order valence-corrected chi connectivity index (χ2v) is 6.76. The second kappa shape index (κ2) is 8.77. The summed E-state index contributed by atoms with van der Waals surface area (Å²) < 4.78 is 1.74. The highest BCUT2D eigenvalue weighted by molar-refractivity contribution is 5.99. The van der Waals surface area contributed by atoms with Gasteiger partial charge in [-0.25, -0.2) is 4.68 Å². The molecule has 3 aromatic rings. The lowest BCUT2D eigenvalue weighted by Crippen LogP contribution is -2.46. The summed E-state index contributed by atoms with van der Waals surface area (Å²) in [6, 6.07) is 13.6. The average Bonchev–Trinajstić information content (AvgIpc) is 3.21. The molecule has 3 heterocycles. The summed E-state index contributed by atoms with van der Waals surface area (Å²) in [4.78, 5) is 19.4. The van der Waals surface area contributed by atoms with Gasteiger partial charge in [-0.15, -0.1) is 0 Å². The molecule has 0 aliphatic carbocycles. The molecule has 7 nitrogen and oxygen atoms in total. The summed E-state index contributed by atoms with van der Waals surface area (Å²) in [7, 11) is 0. The third-order valence-corrected chi connectivity index (χ3v) is 4.84. The van der Waals surface area contributed by atoms with E-state index in [1.807, 2.05) is 42.5 Å². The largest absolute Gasteiger partial charge is 0.351 e. The van der Waals surface area contributed by atoms with Gasteiger partial charge in [0.15, 0.2) is 0 Å². The number of para-hydroxylation sites is 1. The van der Waals surface area contributed by atoms with E-state index in [0.717, 1.165) is 44.0 Å². The number of amides is 1. The molecule has 2 aromatic heterocycles. The summed E-state index contributed by atoms with van der Waals surface area (Å²) in [5, 5.41) is 11.1. The third kappa shape index (κ3) is 4.27. The zero-order valence-electron chi connectivity index (χ0n) is 15.7. The molecule has 1 saturated heterocycles. The van der Waals surface area contributed by atoms with Crippen LogP contribution in [0.2, 0.25) is 0 Å². The molecular formula is C21H24N6O.